The smallest absolute Gasteiger partial charge is 0.258 e. The fraction of sp³-hybridized carbons (Fsp3) is 0.476. The molecule has 4 nitrogen and oxygen atoms in total. The van der Waals surface area contributed by atoms with Gasteiger partial charge in [0.05, 0.1) is 6.04 Å². The van der Waals surface area contributed by atoms with Gasteiger partial charge in [-0.2, -0.15) is 0 Å². The Balaban J connectivity index is 1.29. The summed E-state index contributed by atoms with van der Waals surface area (Å²) < 4.78 is 5.72. The molecule has 2 aliphatic rings. The van der Waals surface area contributed by atoms with E-state index in [9.17, 15) is 4.79 Å². The van der Waals surface area contributed by atoms with Crippen LogP contribution in [0, 0.1) is 0 Å². The minimum absolute atomic E-state index is 0.0498. The van der Waals surface area contributed by atoms with Crippen molar-refractivity contribution in [1.82, 2.24) is 10.2 Å². The van der Waals surface area contributed by atoms with Gasteiger partial charge in [0.15, 0.2) is 6.61 Å². The quantitative estimate of drug-likeness (QED) is 0.810. The molecule has 1 aromatic carbocycles. The van der Waals surface area contributed by atoms with Crippen LogP contribution in [0.15, 0.2) is 35.7 Å². The van der Waals surface area contributed by atoms with Crippen molar-refractivity contribution in [1.29, 1.82) is 0 Å². The summed E-state index contributed by atoms with van der Waals surface area (Å²) in [7, 11) is 0. The predicted molar refractivity (Wildman–Crippen MR) is 105 cm³/mol. The molecule has 1 atom stereocenters. The maximum Gasteiger partial charge on any atom is 0.258 e. The number of amides is 1. The van der Waals surface area contributed by atoms with Crippen molar-refractivity contribution in [2.24, 2.45) is 0 Å². The van der Waals surface area contributed by atoms with E-state index in [2.05, 4.69) is 39.9 Å². The number of carbonyl (C=O) groups excluding carboxylic acids is 1. The lowest BCUT2D eigenvalue weighted by molar-refractivity contribution is -0.123. The highest BCUT2D eigenvalue weighted by atomic mass is 32.1. The Hall–Kier alpha value is -1.85. The molecule has 1 aromatic heterocycles. The third-order valence-electron chi connectivity index (χ3n) is 5.39. The lowest BCUT2D eigenvalue weighted by atomic mass is 10.1. The number of thiophene rings is 1. The first kappa shape index (κ1) is 17.6. The van der Waals surface area contributed by atoms with Crippen LogP contribution in [0.5, 0.6) is 5.75 Å². The average molecular weight is 371 g/mol. The van der Waals surface area contributed by atoms with Gasteiger partial charge >= 0.3 is 0 Å². The Bertz CT molecular complexity index is 738. The van der Waals surface area contributed by atoms with Gasteiger partial charge in [0.25, 0.3) is 5.91 Å². The number of aryl methyl sites for hydroxylation is 2. The number of nitrogens with one attached hydrogen (secondary N) is 1. The van der Waals surface area contributed by atoms with Crippen LogP contribution in [0.1, 0.15) is 41.3 Å². The Kier molecular flexibility index (Phi) is 5.56. The van der Waals surface area contributed by atoms with Gasteiger partial charge < -0.3 is 10.1 Å². The van der Waals surface area contributed by atoms with Gasteiger partial charge in [0.2, 0.25) is 0 Å². The fourth-order valence-corrected chi connectivity index (χ4v) is 4.85. The number of likely N-dealkylation sites (tertiary alicyclic amines) is 1. The Morgan fingerprint density at radius 3 is 2.81 bits per heavy atom. The molecule has 2 heterocycles. The van der Waals surface area contributed by atoms with Crippen LogP contribution in [-0.2, 0) is 17.6 Å². The van der Waals surface area contributed by atoms with Crippen molar-refractivity contribution < 1.29 is 9.53 Å². The maximum absolute atomic E-state index is 12.3. The van der Waals surface area contributed by atoms with E-state index >= 15 is 0 Å². The molecule has 1 fully saturated rings. The lowest BCUT2D eigenvalue weighted by Gasteiger charge is -2.26. The SMILES string of the molecule is O=C(COc1ccc2c(c1)CCC2)NCC(c1cccs1)N1CCCC1. The van der Waals surface area contributed by atoms with Crippen LogP contribution >= 0.6 is 11.3 Å². The van der Waals surface area contributed by atoms with Crippen LogP contribution in [0.3, 0.4) is 0 Å². The van der Waals surface area contributed by atoms with Crippen LogP contribution < -0.4 is 10.1 Å². The summed E-state index contributed by atoms with van der Waals surface area (Å²) in [6, 6.07) is 10.7. The van der Waals surface area contributed by atoms with E-state index in [1.165, 1.54) is 35.3 Å². The van der Waals surface area contributed by atoms with Gasteiger partial charge in [0.1, 0.15) is 5.75 Å². The van der Waals surface area contributed by atoms with E-state index in [0.29, 0.717) is 6.54 Å². The summed E-state index contributed by atoms with van der Waals surface area (Å²) in [6.45, 7) is 2.96. The van der Waals surface area contributed by atoms with Crippen LogP contribution in [0.4, 0.5) is 0 Å². The van der Waals surface area contributed by atoms with Crippen LogP contribution in [0.25, 0.3) is 0 Å². The van der Waals surface area contributed by atoms with Gasteiger partial charge in [-0.25, -0.2) is 0 Å². The van der Waals surface area contributed by atoms with Crippen LogP contribution in [-0.4, -0.2) is 37.0 Å². The van der Waals surface area contributed by atoms with Crippen molar-refractivity contribution in [3.8, 4) is 5.75 Å². The largest absolute Gasteiger partial charge is 0.484 e. The number of hydrogen-bond acceptors (Lipinski definition) is 4. The summed E-state index contributed by atoms with van der Waals surface area (Å²) in [4.78, 5) is 16.1. The number of rotatable bonds is 7. The standard InChI is InChI=1S/C21H26N2O2S/c24-21(15-25-18-9-8-16-5-3-6-17(16)13-18)22-14-19(20-7-4-12-26-20)23-10-1-2-11-23/h4,7-9,12-13,19H,1-3,5-6,10-11,14-15H2,(H,22,24). The lowest BCUT2D eigenvalue weighted by Crippen LogP contribution is -2.38. The molecular formula is C21H26N2O2S. The molecule has 0 bridgehead atoms. The van der Waals surface area contributed by atoms with Crippen molar-refractivity contribution in [2.75, 3.05) is 26.2 Å². The Morgan fingerprint density at radius 1 is 1.15 bits per heavy atom. The summed E-state index contributed by atoms with van der Waals surface area (Å²) in [6.07, 6.45) is 6.00. The summed E-state index contributed by atoms with van der Waals surface area (Å²) in [5, 5.41) is 5.18. The molecule has 1 saturated heterocycles. The summed E-state index contributed by atoms with van der Waals surface area (Å²) in [5.74, 6) is 0.751. The van der Waals surface area contributed by atoms with Gasteiger partial charge in [0, 0.05) is 11.4 Å². The number of hydrogen-bond donors (Lipinski definition) is 1. The number of fused-ring (bicyclic) bond motifs is 1. The molecule has 1 aliphatic carbocycles. The normalized spacial score (nSPS) is 17.8. The summed E-state index contributed by atoms with van der Waals surface area (Å²) >= 11 is 1.77. The molecule has 0 radical (unpaired) electrons. The molecule has 4 rings (SSSR count). The first-order valence-electron chi connectivity index (χ1n) is 9.58. The second-order valence-electron chi connectivity index (χ2n) is 7.15. The number of nitrogens with zero attached hydrogens (tertiary/aromatic N) is 1. The highest BCUT2D eigenvalue weighted by molar-refractivity contribution is 7.10. The van der Waals surface area contributed by atoms with Crippen molar-refractivity contribution in [2.45, 2.75) is 38.1 Å². The zero-order chi connectivity index (χ0) is 17.8. The van der Waals surface area contributed by atoms with Crippen molar-refractivity contribution in [3.63, 3.8) is 0 Å². The minimum atomic E-state index is -0.0498. The zero-order valence-electron chi connectivity index (χ0n) is 15.1. The number of ether oxygens (including phenoxy) is 1. The Labute approximate surface area is 159 Å². The first-order chi connectivity index (χ1) is 12.8. The molecule has 5 heteroatoms. The van der Waals surface area contributed by atoms with Crippen molar-refractivity contribution in [3.05, 3.63) is 51.7 Å². The molecule has 0 spiro atoms. The van der Waals surface area contributed by atoms with E-state index in [1.807, 2.05) is 6.07 Å². The van der Waals surface area contributed by atoms with E-state index in [0.717, 1.165) is 31.7 Å². The summed E-state index contributed by atoms with van der Waals surface area (Å²) in [5.41, 5.74) is 2.79. The molecule has 1 unspecified atom stereocenters. The van der Waals surface area contributed by atoms with Crippen molar-refractivity contribution >= 4 is 17.2 Å². The molecule has 0 saturated carbocycles. The maximum atomic E-state index is 12.3. The number of carbonyl (C=O) groups is 1. The van der Waals surface area contributed by atoms with E-state index in [-0.39, 0.29) is 18.6 Å². The fourth-order valence-electron chi connectivity index (χ4n) is 3.99. The molecule has 138 valence electrons. The Morgan fingerprint density at radius 2 is 2.00 bits per heavy atom. The third-order valence-corrected chi connectivity index (χ3v) is 6.36. The monoisotopic (exact) mass is 370 g/mol. The van der Waals surface area contributed by atoms with Gasteiger partial charge in [-0.1, -0.05) is 12.1 Å². The second kappa shape index (κ2) is 8.23. The zero-order valence-corrected chi connectivity index (χ0v) is 15.9. The van der Waals surface area contributed by atoms with Gasteiger partial charge in [-0.15, -0.1) is 11.3 Å². The minimum Gasteiger partial charge on any atom is -0.484 e. The molecule has 26 heavy (non-hydrogen) atoms. The average Bonchev–Trinajstić information content (AvgIpc) is 3.41. The molecule has 1 N–H and O–H groups in total. The van der Waals surface area contributed by atoms with Gasteiger partial charge in [-0.3, -0.25) is 9.69 Å². The number of benzene rings is 1. The molecule has 2 aromatic rings. The highest BCUT2D eigenvalue weighted by Crippen LogP contribution is 2.28. The first-order valence-corrected chi connectivity index (χ1v) is 10.5. The highest BCUT2D eigenvalue weighted by Gasteiger charge is 2.24. The van der Waals surface area contributed by atoms with E-state index in [1.54, 1.807) is 11.3 Å². The topological polar surface area (TPSA) is 41.6 Å². The molecule has 1 amide bonds. The third kappa shape index (κ3) is 4.10. The van der Waals surface area contributed by atoms with E-state index in [4.69, 9.17) is 4.74 Å². The molecular weight excluding hydrogens is 344 g/mol. The van der Waals surface area contributed by atoms with Crippen LogP contribution in [0.2, 0.25) is 0 Å². The molecule has 1 aliphatic heterocycles. The second-order valence-corrected chi connectivity index (χ2v) is 8.13. The predicted octanol–water partition coefficient (Wildman–Crippen LogP) is 3.57. The van der Waals surface area contributed by atoms with Gasteiger partial charge in [-0.05, 0) is 79.9 Å². The van der Waals surface area contributed by atoms with E-state index < -0.39 is 0 Å².